The van der Waals surface area contributed by atoms with Gasteiger partial charge in [0, 0.05) is 49.0 Å². The Balaban J connectivity index is 1.49. The summed E-state index contributed by atoms with van der Waals surface area (Å²) >= 11 is 12.1. The van der Waals surface area contributed by atoms with Crippen LogP contribution in [0.4, 0.5) is 5.69 Å². The molecular weight excluding hydrogens is 371 g/mol. The number of amides is 1. The minimum atomic E-state index is -0.116. The van der Waals surface area contributed by atoms with Crippen LogP contribution in [0.3, 0.4) is 0 Å². The van der Waals surface area contributed by atoms with Gasteiger partial charge in [-0.25, -0.2) is 0 Å². The normalized spacial score (nSPS) is 17.2. The second kappa shape index (κ2) is 8.14. The molecule has 1 aliphatic heterocycles. The lowest BCUT2D eigenvalue weighted by atomic mass is 10.1. The molecule has 26 heavy (non-hydrogen) atoms. The SMILES string of the molecule is Cc1nn(C)c(Cl)c1/C=C/C(=O)NCC1CCN(c2ccc(Cl)cc2)C1. The molecule has 1 aromatic heterocycles. The third-order valence-electron chi connectivity index (χ3n) is 4.64. The minimum Gasteiger partial charge on any atom is -0.371 e. The summed E-state index contributed by atoms with van der Waals surface area (Å²) in [5.41, 5.74) is 2.75. The highest BCUT2D eigenvalue weighted by molar-refractivity contribution is 6.31. The Hall–Kier alpha value is -1.98. The first-order valence-electron chi connectivity index (χ1n) is 8.59. The Labute approximate surface area is 163 Å². The van der Waals surface area contributed by atoms with Gasteiger partial charge in [-0.2, -0.15) is 5.10 Å². The van der Waals surface area contributed by atoms with Crippen LogP contribution < -0.4 is 10.2 Å². The lowest BCUT2D eigenvalue weighted by molar-refractivity contribution is -0.116. The van der Waals surface area contributed by atoms with E-state index in [1.807, 2.05) is 31.2 Å². The Bertz CT molecular complexity index is 814. The monoisotopic (exact) mass is 392 g/mol. The summed E-state index contributed by atoms with van der Waals surface area (Å²) in [6.07, 6.45) is 4.29. The molecule has 0 saturated carbocycles. The van der Waals surface area contributed by atoms with Gasteiger partial charge in [0.2, 0.25) is 5.91 Å². The predicted octanol–water partition coefficient (Wildman–Crippen LogP) is 3.69. The van der Waals surface area contributed by atoms with Crippen molar-refractivity contribution < 1.29 is 4.79 Å². The second-order valence-electron chi connectivity index (χ2n) is 6.57. The zero-order valence-corrected chi connectivity index (χ0v) is 16.4. The summed E-state index contributed by atoms with van der Waals surface area (Å²) in [5, 5.41) is 8.48. The summed E-state index contributed by atoms with van der Waals surface area (Å²) < 4.78 is 1.60. The van der Waals surface area contributed by atoms with E-state index in [0.717, 1.165) is 35.8 Å². The molecule has 0 bridgehead atoms. The van der Waals surface area contributed by atoms with Crippen LogP contribution >= 0.6 is 23.2 Å². The number of aryl methyl sites for hydroxylation is 2. The van der Waals surface area contributed by atoms with Crippen LogP contribution in [0.25, 0.3) is 6.08 Å². The van der Waals surface area contributed by atoms with Crippen LogP contribution in [0.5, 0.6) is 0 Å². The average Bonchev–Trinajstić information content (AvgIpc) is 3.18. The van der Waals surface area contributed by atoms with Crippen LogP contribution in [-0.4, -0.2) is 35.3 Å². The van der Waals surface area contributed by atoms with E-state index < -0.39 is 0 Å². The highest BCUT2D eigenvalue weighted by Crippen LogP contribution is 2.25. The largest absolute Gasteiger partial charge is 0.371 e. The molecule has 138 valence electrons. The number of benzene rings is 1. The molecule has 5 nitrogen and oxygen atoms in total. The molecule has 1 saturated heterocycles. The summed E-state index contributed by atoms with van der Waals surface area (Å²) in [6.45, 7) is 4.45. The predicted molar refractivity (Wildman–Crippen MR) is 107 cm³/mol. The molecule has 0 radical (unpaired) electrons. The first-order chi connectivity index (χ1) is 12.4. The molecule has 3 rings (SSSR count). The van der Waals surface area contributed by atoms with Crippen molar-refractivity contribution in [1.29, 1.82) is 0 Å². The van der Waals surface area contributed by atoms with E-state index in [1.54, 1.807) is 17.8 Å². The van der Waals surface area contributed by atoms with Crippen molar-refractivity contribution in [1.82, 2.24) is 15.1 Å². The molecule has 1 fully saturated rings. The first kappa shape index (κ1) is 18.8. The molecule has 1 amide bonds. The molecule has 1 unspecified atom stereocenters. The highest BCUT2D eigenvalue weighted by Gasteiger charge is 2.22. The van der Waals surface area contributed by atoms with E-state index in [2.05, 4.69) is 15.3 Å². The van der Waals surface area contributed by atoms with Gasteiger partial charge < -0.3 is 10.2 Å². The van der Waals surface area contributed by atoms with E-state index in [0.29, 0.717) is 17.6 Å². The van der Waals surface area contributed by atoms with Gasteiger partial charge >= 0.3 is 0 Å². The number of aromatic nitrogens is 2. The number of anilines is 1. The van der Waals surface area contributed by atoms with E-state index in [-0.39, 0.29) is 5.91 Å². The third kappa shape index (κ3) is 4.40. The fourth-order valence-corrected chi connectivity index (χ4v) is 3.55. The van der Waals surface area contributed by atoms with Gasteiger partial charge in [0.25, 0.3) is 0 Å². The first-order valence-corrected chi connectivity index (χ1v) is 9.35. The average molecular weight is 393 g/mol. The lowest BCUT2D eigenvalue weighted by Gasteiger charge is -2.18. The zero-order chi connectivity index (χ0) is 18.7. The molecule has 2 aromatic rings. The smallest absolute Gasteiger partial charge is 0.244 e. The number of nitrogens with zero attached hydrogens (tertiary/aromatic N) is 3. The Morgan fingerprint density at radius 2 is 2.08 bits per heavy atom. The Morgan fingerprint density at radius 1 is 1.35 bits per heavy atom. The van der Waals surface area contributed by atoms with Gasteiger partial charge in [-0.15, -0.1) is 0 Å². The number of hydrogen-bond donors (Lipinski definition) is 1. The second-order valence-corrected chi connectivity index (χ2v) is 7.36. The van der Waals surface area contributed by atoms with Crippen molar-refractivity contribution in [2.45, 2.75) is 13.3 Å². The van der Waals surface area contributed by atoms with E-state index in [4.69, 9.17) is 23.2 Å². The molecular formula is C19H22Cl2N4O. The Kier molecular flexibility index (Phi) is 5.89. The maximum atomic E-state index is 12.1. The summed E-state index contributed by atoms with van der Waals surface area (Å²) in [4.78, 5) is 14.4. The van der Waals surface area contributed by atoms with Gasteiger partial charge in [-0.05, 0) is 49.6 Å². The van der Waals surface area contributed by atoms with Crippen molar-refractivity contribution in [3.63, 3.8) is 0 Å². The summed E-state index contributed by atoms with van der Waals surface area (Å²) in [5.74, 6) is 0.320. The topological polar surface area (TPSA) is 50.2 Å². The zero-order valence-electron chi connectivity index (χ0n) is 14.9. The highest BCUT2D eigenvalue weighted by atomic mass is 35.5. The molecule has 7 heteroatoms. The van der Waals surface area contributed by atoms with Crippen molar-refractivity contribution in [2.24, 2.45) is 13.0 Å². The van der Waals surface area contributed by atoms with Crippen molar-refractivity contribution in [3.8, 4) is 0 Å². The third-order valence-corrected chi connectivity index (χ3v) is 5.34. The standard InChI is InChI=1S/C19H22Cl2N4O/c1-13-17(19(21)24(2)23-13)7-8-18(26)22-11-14-9-10-25(12-14)16-5-3-15(20)4-6-16/h3-8,14H,9-12H2,1-2H3,(H,22,26)/b8-7+. The van der Waals surface area contributed by atoms with Crippen molar-refractivity contribution >= 4 is 40.9 Å². The van der Waals surface area contributed by atoms with E-state index in [9.17, 15) is 4.79 Å². The Morgan fingerprint density at radius 3 is 2.73 bits per heavy atom. The number of nitrogens with one attached hydrogen (secondary N) is 1. The molecule has 1 aliphatic rings. The van der Waals surface area contributed by atoms with Crippen molar-refractivity contribution in [2.75, 3.05) is 24.5 Å². The molecule has 0 spiro atoms. The number of halogens is 2. The molecule has 0 aliphatic carbocycles. The number of rotatable bonds is 5. The fraction of sp³-hybridized carbons (Fsp3) is 0.368. The van der Waals surface area contributed by atoms with Crippen LogP contribution in [0.2, 0.25) is 10.2 Å². The molecule has 1 aromatic carbocycles. The number of carbonyl (C=O) groups is 1. The van der Waals surface area contributed by atoms with E-state index >= 15 is 0 Å². The van der Waals surface area contributed by atoms with Gasteiger partial charge in [0.15, 0.2) is 0 Å². The fourth-order valence-electron chi connectivity index (χ4n) is 3.18. The lowest BCUT2D eigenvalue weighted by Crippen LogP contribution is -2.29. The van der Waals surface area contributed by atoms with Crippen LogP contribution in [0.1, 0.15) is 17.7 Å². The maximum Gasteiger partial charge on any atom is 0.244 e. The number of carbonyl (C=O) groups excluding carboxylic acids is 1. The summed E-state index contributed by atoms with van der Waals surface area (Å²) in [7, 11) is 1.78. The van der Waals surface area contributed by atoms with Gasteiger partial charge in [0.1, 0.15) is 5.15 Å². The molecule has 1 atom stereocenters. The van der Waals surface area contributed by atoms with Crippen LogP contribution in [0, 0.1) is 12.8 Å². The van der Waals surface area contributed by atoms with Crippen molar-refractivity contribution in [3.05, 3.63) is 51.8 Å². The molecule has 2 heterocycles. The quantitative estimate of drug-likeness (QED) is 0.789. The minimum absolute atomic E-state index is 0.116. The molecule has 1 N–H and O–H groups in total. The van der Waals surface area contributed by atoms with Gasteiger partial charge in [-0.1, -0.05) is 23.2 Å². The van der Waals surface area contributed by atoms with Gasteiger partial charge in [0.05, 0.1) is 5.69 Å². The maximum absolute atomic E-state index is 12.1. The van der Waals surface area contributed by atoms with Gasteiger partial charge in [-0.3, -0.25) is 9.48 Å². The summed E-state index contributed by atoms with van der Waals surface area (Å²) in [6, 6.07) is 7.88. The van der Waals surface area contributed by atoms with Crippen LogP contribution in [0.15, 0.2) is 30.3 Å². The van der Waals surface area contributed by atoms with E-state index in [1.165, 1.54) is 11.8 Å². The number of hydrogen-bond acceptors (Lipinski definition) is 3. The van der Waals surface area contributed by atoms with Crippen LogP contribution in [-0.2, 0) is 11.8 Å².